The summed E-state index contributed by atoms with van der Waals surface area (Å²) in [4.78, 5) is 9.59. The van der Waals surface area contributed by atoms with Gasteiger partial charge < -0.3 is 23.7 Å². The van der Waals surface area contributed by atoms with Gasteiger partial charge in [0.05, 0.1) is 28.6 Å². The van der Waals surface area contributed by atoms with Gasteiger partial charge in [-0.25, -0.2) is 4.39 Å². The summed E-state index contributed by atoms with van der Waals surface area (Å²) in [5, 5.41) is 0.588. The number of esters is 1. The van der Waals surface area contributed by atoms with Gasteiger partial charge in [0.25, 0.3) is 0 Å². The van der Waals surface area contributed by atoms with Gasteiger partial charge in [-0.2, -0.15) is 17.6 Å². The van der Waals surface area contributed by atoms with E-state index in [1.807, 2.05) is 0 Å². The van der Waals surface area contributed by atoms with E-state index in [4.69, 9.17) is 22.4 Å². The Kier molecular flexibility index (Phi) is 128. The average molecular weight is 1030 g/mol. The van der Waals surface area contributed by atoms with Crippen molar-refractivity contribution in [2.75, 3.05) is 56.8 Å². The SMILES string of the molecule is C.C.CF.CF.COC(C)(F)F.COC(C)(F)F.COC(C)=O.COC(C)=S.COCF.S=S=S=S=S=S=S=S=S=S=S=S=S=S.[B]=NS. The van der Waals surface area contributed by atoms with Crippen LogP contribution in [-0.4, -0.2) is 87.6 Å². The quantitative estimate of drug-likeness (QED) is 0.108. The second-order valence-electron chi connectivity index (χ2n) is 4.75. The number of hydrogen-bond acceptors (Lipinski definition) is 11. The van der Waals surface area contributed by atoms with E-state index in [2.05, 4.69) is 60.7 Å². The Bertz CT molecular complexity index is 1120. The van der Waals surface area contributed by atoms with Crippen molar-refractivity contribution < 1.29 is 59.2 Å². The monoisotopic (exact) mass is 1030 g/mol. The normalized spacial score (nSPS) is 7.47. The molecule has 0 fully saturated rings. The zero-order valence-corrected chi connectivity index (χ0v) is 39.5. The molecule has 49 heavy (non-hydrogen) atoms. The first-order valence-corrected chi connectivity index (χ1v) is 28.1. The second kappa shape index (κ2) is 79.0. The Hall–Kier alpha value is 2.04. The fourth-order valence-electron chi connectivity index (χ4n) is 0.113. The van der Waals surface area contributed by atoms with Crippen LogP contribution in [0.4, 0.5) is 30.7 Å². The fraction of sp³-hybridized carbons (Fsp3) is 0.889. The zero-order valence-electron chi connectivity index (χ0n) is 26.4. The molecular formula is C18H44BF7NO6S16. The molecule has 0 bridgehead atoms. The van der Waals surface area contributed by atoms with E-state index in [0.29, 0.717) is 33.3 Å². The summed E-state index contributed by atoms with van der Waals surface area (Å²) in [5.74, 6) is -0.245. The fourth-order valence-corrected chi connectivity index (χ4v) is 27.6. The van der Waals surface area contributed by atoms with Gasteiger partial charge >= 0.3 is 42.9 Å². The van der Waals surface area contributed by atoms with Gasteiger partial charge in [0.1, 0.15) is 0 Å². The second-order valence-corrected chi connectivity index (χ2v) is 26.8. The summed E-state index contributed by atoms with van der Waals surface area (Å²) in [6, 6.07) is 0. The predicted molar refractivity (Wildman–Crippen MR) is 239 cm³/mol. The molecule has 0 rings (SSSR count). The van der Waals surface area contributed by atoms with Crippen molar-refractivity contribution in [2.24, 2.45) is 4.30 Å². The Morgan fingerprint density at radius 2 is 0.837 bits per heavy atom. The van der Waals surface area contributed by atoms with E-state index in [9.17, 15) is 35.5 Å². The first-order valence-electron chi connectivity index (χ1n) is 9.96. The molecule has 0 aromatic rings. The average Bonchev–Trinajstić information content (AvgIpc) is 3.04. The summed E-state index contributed by atoms with van der Waals surface area (Å²) in [6.45, 7) is 3.79. The number of nitrogens with zero attached hydrogens (tertiary/aromatic N) is 1. The number of rotatable bonds is 3. The summed E-state index contributed by atoms with van der Waals surface area (Å²) in [5.41, 5.74) is 0. The maximum absolute atomic E-state index is 11.2. The zero-order chi connectivity index (χ0) is 39.6. The molecule has 0 heterocycles. The molecule has 0 aromatic carbocycles. The molecule has 0 aliphatic carbocycles. The molecule has 0 N–H and O–H groups in total. The predicted octanol–water partition coefficient (Wildman–Crippen LogP) is 6.80. The Morgan fingerprint density at radius 3 is 0.898 bits per heavy atom. The minimum absolute atomic E-state index is 0. The van der Waals surface area contributed by atoms with Crippen LogP contribution in [-0.2, 0) is 157 Å². The van der Waals surface area contributed by atoms with Crippen LogP contribution in [0.15, 0.2) is 4.30 Å². The molecule has 1 radical (unpaired) electrons. The molecule has 0 amide bonds. The van der Waals surface area contributed by atoms with Crippen molar-refractivity contribution in [2.45, 2.75) is 54.8 Å². The number of carbonyl (C=O) groups excluding carboxylic acids is 1. The van der Waals surface area contributed by atoms with Gasteiger partial charge in [0, 0.05) is 178 Å². The third-order valence-corrected chi connectivity index (χ3v) is 26.3. The molecule has 31 heteroatoms. The van der Waals surface area contributed by atoms with Gasteiger partial charge in [-0.1, -0.05) is 14.9 Å². The van der Waals surface area contributed by atoms with E-state index in [1.54, 1.807) is 103 Å². The van der Waals surface area contributed by atoms with E-state index < -0.39 is 19.1 Å². The van der Waals surface area contributed by atoms with Crippen molar-refractivity contribution in [1.82, 2.24) is 0 Å². The van der Waals surface area contributed by atoms with Gasteiger partial charge in [-0.15, -0.1) is 0 Å². The molecule has 0 atom stereocenters. The molecule has 0 saturated heterocycles. The van der Waals surface area contributed by atoms with E-state index in [0.717, 1.165) is 14.2 Å². The number of halogens is 7. The van der Waals surface area contributed by atoms with E-state index >= 15 is 0 Å². The summed E-state index contributed by atoms with van der Waals surface area (Å²) in [6.07, 6.45) is -5.92. The maximum atomic E-state index is 11.2. The van der Waals surface area contributed by atoms with Crippen LogP contribution in [0.25, 0.3) is 0 Å². The number of hydrogen-bond donors (Lipinski definition) is 1. The number of carbonyl (C=O) groups is 1. The van der Waals surface area contributed by atoms with Gasteiger partial charge in [0.15, 0.2) is 11.9 Å². The number of alkyl halides is 7. The number of methoxy groups -OCH3 is 5. The molecule has 0 aliphatic heterocycles. The summed E-state index contributed by atoms with van der Waals surface area (Å²) < 4.78 is 96.8. The molecule has 7 nitrogen and oxygen atoms in total. The molecule has 0 spiro atoms. The van der Waals surface area contributed by atoms with Gasteiger partial charge in [-0.05, 0) is 12.2 Å². The van der Waals surface area contributed by atoms with E-state index in [-0.39, 0.29) is 20.8 Å². The summed E-state index contributed by atoms with van der Waals surface area (Å²) in [7, 11) is 31.4. The Labute approximate surface area is 343 Å². The summed E-state index contributed by atoms with van der Waals surface area (Å²) >= 11 is 17.1. The molecular weight excluding hydrogens is 983 g/mol. The van der Waals surface area contributed by atoms with Crippen LogP contribution in [0.5, 0.6) is 0 Å². The van der Waals surface area contributed by atoms with Gasteiger partial charge in [-0.3, -0.25) is 13.6 Å². The van der Waals surface area contributed by atoms with Gasteiger partial charge in [0.2, 0.25) is 0 Å². The molecule has 0 saturated carbocycles. The Morgan fingerprint density at radius 1 is 0.694 bits per heavy atom. The third kappa shape index (κ3) is 200. The van der Waals surface area contributed by atoms with Crippen molar-refractivity contribution in [3.63, 3.8) is 0 Å². The molecule has 0 unspecified atom stereocenters. The van der Waals surface area contributed by atoms with Crippen LogP contribution in [0.3, 0.4) is 0 Å². The van der Waals surface area contributed by atoms with Crippen LogP contribution in [0, 0.1) is 0 Å². The third-order valence-electron chi connectivity index (χ3n) is 1.71. The standard InChI is InChI=1S/2C3H6F2O.C3H6O2.C3H6OS.C2H5FO.2CH3F.2CH4.BHNS.S14/c2*1-3(4,5)6-2;1-3(4)5-2;1-3(5)4-2;1-4-2-3;2*1-2;;;1-2-3;1-3-5-7-9-11-13-14-12-10-8-6-4-2/h2*1-2H3;2*1-2H3;2H2,1H3;2*1H3;2*1H4;3H;. The van der Waals surface area contributed by atoms with Crippen LogP contribution >= 0.6 is 25.0 Å². The van der Waals surface area contributed by atoms with Crippen LogP contribution in [0.1, 0.15) is 42.5 Å². The van der Waals surface area contributed by atoms with Crippen molar-refractivity contribution in [3.8, 4) is 0 Å². The van der Waals surface area contributed by atoms with Crippen molar-refractivity contribution in [1.29, 1.82) is 0 Å². The van der Waals surface area contributed by atoms with Crippen molar-refractivity contribution in [3.05, 3.63) is 0 Å². The van der Waals surface area contributed by atoms with Crippen LogP contribution in [0.2, 0.25) is 0 Å². The van der Waals surface area contributed by atoms with Crippen molar-refractivity contribution >= 4 is 173 Å². The number of ether oxygens (including phenoxy) is 5. The number of thiocarbonyl (C=S) groups is 1. The number of thiol groups is 1. The first kappa shape index (κ1) is 79.7. The van der Waals surface area contributed by atoms with E-state index in [1.165, 1.54) is 38.9 Å². The van der Waals surface area contributed by atoms with Crippen LogP contribution < -0.4 is 0 Å². The molecule has 0 aromatic heterocycles. The topological polar surface area (TPSA) is 75.6 Å². The molecule has 0 aliphatic rings. The minimum atomic E-state index is -2.96. The molecule has 305 valence electrons. The Balaban J connectivity index is -0.0000000396. The first-order chi connectivity index (χ1) is 21.9.